The molecular formula is C23H38N6O2. The fourth-order valence-electron chi connectivity index (χ4n) is 4.35. The van der Waals surface area contributed by atoms with Gasteiger partial charge in [0.15, 0.2) is 5.96 Å². The number of guanidine groups is 1. The van der Waals surface area contributed by atoms with E-state index in [-0.39, 0.29) is 6.09 Å². The second-order valence-electron chi connectivity index (χ2n) is 8.23. The third kappa shape index (κ3) is 6.58. The molecule has 2 aliphatic heterocycles. The van der Waals surface area contributed by atoms with E-state index < -0.39 is 0 Å². The molecule has 1 atom stereocenters. The number of nitrogens with one attached hydrogen (secondary N) is 1. The fraction of sp³-hybridized carbons (Fsp3) is 0.652. The van der Waals surface area contributed by atoms with Crippen molar-refractivity contribution in [1.29, 1.82) is 0 Å². The van der Waals surface area contributed by atoms with Crippen LogP contribution in [0.1, 0.15) is 24.9 Å². The Morgan fingerprint density at radius 2 is 1.81 bits per heavy atom. The average Bonchev–Trinajstić information content (AvgIpc) is 2.81. The van der Waals surface area contributed by atoms with E-state index in [4.69, 9.17) is 4.74 Å². The molecule has 1 amide bonds. The number of rotatable bonds is 6. The van der Waals surface area contributed by atoms with Crippen LogP contribution in [0.2, 0.25) is 0 Å². The Morgan fingerprint density at radius 3 is 2.48 bits per heavy atom. The number of aliphatic imine (C=N–C) groups is 1. The summed E-state index contributed by atoms with van der Waals surface area (Å²) < 4.78 is 5.10. The Morgan fingerprint density at radius 1 is 1.10 bits per heavy atom. The van der Waals surface area contributed by atoms with Crippen molar-refractivity contribution < 1.29 is 9.53 Å². The number of carbonyl (C=O) groups is 1. The van der Waals surface area contributed by atoms with E-state index in [0.29, 0.717) is 25.7 Å². The van der Waals surface area contributed by atoms with Gasteiger partial charge in [-0.05, 0) is 26.0 Å². The van der Waals surface area contributed by atoms with Crippen LogP contribution in [-0.2, 0) is 4.74 Å². The summed E-state index contributed by atoms with van der Waals surface area (Å²) in [6.07, 6.45) is 0.847. The van der Waals surface area contributed by atoms with E-state index in [0.717, 1.165) is 58.2 Å². The summed E-state index contributed by atoms with van der Waals surface area (Å²) in [5, 5.41) is 3.52. The Kier molecular flexibility index (Phi) is 8.97. The highest BCUT2D eigenvalue weighted by atomic mass is 16.6. The number of nitrogens with zero attached hydrogens (tertiary/aromatic N) is 5. The molecule has 1 N–H and O–H groups in total. The molecular weight excluding hydrogens is 392 g/mol. The van der Waals surface area contributed by atoms with Gasteiger partial charge in [-0.3, -0.25) is 9.89 Å². The third-order valence-corrected chi connectivity index (χ3v) is 6.10. The first-order valence-electron chi connectivity index (χ1n) is 11.5. The van der Waals surface area contributed by atoms with Crippen LogP contribution >= 0.6 is 0 Å². The van der Waals surface area contributed by atoms with Crippen molar-refractivity contribution in [2.24, 2.45) is 4.99 Å². The number of benzene rings is 1. The smallest absolute Gasteiger partial charge is 0.409 e. The zero-order chi connectivity index (χ0) is 22.1. The van der Waals surface area contributed by atoms with Gasteiger partial charge in [0.1, 0.15) is 0 Å². The van der Waals surface area contributed by atoms with Crippen LogP contribution in [0.25, 0.3) is 0 Å². The van der Waals surface area contributed by atoms with Gasteiger partial charge in [0.05, 0.1) is 6.61 Å². The molecule has 3 rings (SSSR count). The molecule has 1 aromatic rings. The standard InChI is InChI=1S/C23H38N6O2/c1-4-31-23(30)29-17-15-28(16-18-29)22(24-2)25-11-8-12-27-14-13-26(3)19-21(27)20-9-6-5-7-10-20/h5-7,9-10,21H,4,8,11-19H2,1-3H3,(H,24,25). The number of carbonyl (C=O) groups excluding carboxylic acids is 1. The largest absolute Gasteiger partial charge is 0.450 e. The first kappa shape index (κ1) is 23.3. The summed E-state index contributed by atoms with van der Waals surface area (Å²) >= 11 is 0. The van der Waals surface area contributed by atoms with Crippen molar-refractivity contribution in [3.8, 4) is 0 Å². The number of amides is 1. The highest BCUT2D eigenvalue weighted by Crippen LogP contribution is 2.24. The summed E-state index contributed by atoms with van der Waals surface area (Å²) in [5.74, 6) is 0.918. The molecule has 8 nitrogen and oxygen atoms in total. The third-order valence-electron chi connectivity index (χ3n) is 6.10. The molecule has 2 aliphatic rings. The molecule has 2 heterocycles. The van der Waals surface area contributed by atoms with Crippen molar-refractivity contribution in [2.45, 2.75) is 19.4 Å². The van der Waals surface area contributed by atoms with Crippen molar-refractivity contribution in [3.05, 3.63) is 35.9 Å². The summed E-state index contributed by atoms with van der Waals surface area (Å²) in [5.41, 5.74) is 1.40. The van der Waals surface area contributed by atoms with E-state index in [9.17, 15) is 4.79 Å². The average molecular weight is 431 g/mol. The van der Waals surface area contributed by atoms with Gasteiger partial charge < -0.3 is 24.8 Å². The molecule has 0 radical (unpaired) electrons. The van der Waals surface area contributed by atoms with Gasteiger partial charge in [-0.2, -0.15) is 0 Å². The lowest BCUT2D eigenvalue weighted by atomic mass is 10.0. The summed E-state index contributed by atoms with van der Waals surface area (Å²) in [4.78, 5) is 25.4. The zero-order valence-corrected chi connectivity index (χ0v) is 19.3. The fourth-order valence-corrected chi connectivity index (χ4v) is 4.35. The van der Waals surface area contributed by atoms with Crippen LogP contribution in [0.5, 0.6) is 0 Å². The molecule has 0 saturated carbocycles. The van der Waals surface area contributed by atoms with Gasteiger partial charge in [-0.25, -0.2) is 4.79 Å². The van der Waals surface area contributed by atoms with E-state index in [2.05, 4.69) is 62.4 Å². The SMILES string of the molecule is CCOC(=O)N1CCN(C(=NC)NCCCN2CCN(C)CC2c2ccccc2)CC1. The quantitative estimate of drug-likeness (QED) is 0.421. The van der Waals surface area contributed by atoms with Crippen LogP contribution < -0.4 is 5.32 Å². The Hall–Kier alpha value is -2.32. The minimum atomic E-state index is -0.217. The van der Waals surface area contributed by atoms with Crippen LogP contribution in [-0.4, -0.2) is 111 Å². The Bertz CT molecular complexity index is 705. The minimum absolute atomic E-state index is 0.217. The van der Waals surface area contributed by atoms with Gasteiger partial charge in [0.2, 0.25) is 0 Å². The van der Waals surface area contributed by atoms with E-state index in [1.807, 2.05) is 14.0 Å². The van der Waals surface area contributed by atoms with Crippen LogP contribution in [0.4, 0.5) is 4.79 Å². The summed E-state index contributed by atoms with van der Waals surface area (Å²) in [6.45, 7) is 10.4. The van der Waals surface area contributed by atoms with Crippen molar-refractivity contribution in [2.75, 3.05) is 79.6 Å². The lowest BCUT2D eigenvalue weighted by Crippen LogP contribution is -2.54. The molecule has 0 spiro atoms. The second-order valence-corrected chi connectivity index (χ2v) is 8.23. The highest BCUT2D eigenvalue weighted by Gasteiger charge is 2.26. The van der Waals surface area contributed by atoms with Crippen molar-refractivity contribution >= 4 is 12.1 Å². The summed E-state index contributed by atoms with van der Waals surface area (Å²) in [6, 6.07) is 11.3. The van der Waals surface area contributed by atoms with Crippen molar-refractivity contribution in [3.63, 3.8) is 0 Å². The van der Waals surface area contributed by atoms with Gasteiger partial charge in [0.25, 0.3) is 0 Å². The minimum Gasteiger partial charge on any atom is -0.450 e. The molecule has 1 aromatic carbocycles. The molecule has 0 aromatic heterocycles. The first-order valence-corrected chi connectivity index (χ1v) is 11.5. The lowest BCUT2D eigenvalue weighted by molar-refractivity contribution is 0.0884. The van der Waals surface area contributed by atoms with Crippen LogP contribution in [0, 0.1) is 0 Å². The molecule has 0 bridgehead atoms. The van der Waals surface area contributed by atoms with Crippen molar-refractivity contribution in [1.82, 2.24) is 24.9 Å². The monoisotopic (exact) mass is 430 g/mol. The van der Waals surface area contributed by atoms with E-state index in [1.54, 1.807) is 4.90 Å². The number of likely N-dealkylation sites (N-methyl/N-ethyl adjacent to an activating group) is 1. The first-order chi connectivity index (χ1) is 15.1. The molecule has 8 heteroatoms. The molecule has 0 aliphatic carbocycles. The van der Waals surface area contributed by atoms with E-state index in [1.165, 1.54) is 5.56 Å². The highest BCUT2D eigenvalue weighted by molar-refractivity contribution is 5.80. The molecule has 2 fully saturated rings. The van der Waals surface area contributed by atoms with Gasteiger partial charge >= 0.3 is 6.09 Å². The topological polar surface area (TPSA) is 63.7 Å². The number of hydrogen-bond donors (Lipinski definition) is 1. The number of ether oxygens (including phenoxy) is 1. The molecule has 31 heavy (non-hydrogen) atoms. The summed E-state index contributed by atoms with van der Waals surface area (Å²) in [7, 11) is 4.03. The molecule has 1 unspecified atom stereocenters. The lowest BCUT2D eigenvalue weighted by Gasteiger charge is -2.40. The Balaban J connectivity index is 1.43. The van der Waals surface area contributed by atoms with Crippen LogP contribution in [0.15, 0.2) is 35.3 Å². The van der Waals surface area contributed by atoms with Gasteiger partial charge in [-0.1, -0.05) is 30.3 Å². The maximum atomic E-state index is 11.9. The second kappa shape index (κ2) is 11.9. The normalized spacial score (nSPS) is 21.3. The molecule has 172 valence electrons. The number of hydrogen-bond acceptors (Lipinski definition) is 5. The van der Waals surface area contributed by atoms with Gasteiger partial charge in [0, 0.05) is 72.0 Å². The Labute approximate surface area is 186 Å². The maximum absolute atomic E-state index is 11.9. The zero-order valence-electron chi connectivity index (χ0n) is 19.3. The number of piperazine rings is 2. The molecule has 2 saturated heterocycles. The predicted molar refractivity (Wildman–Crippen MR) is 124 cm³/mol. The van der Waals surface area contributed by atoms with Gasteiger partial charge in [-0.15, -0.1) is 0 Å². The maximum Gasteiger partial charge on any atom is 0.409 e. The predicted octanol–water partition coefficient (Wildman–Crippen LogP) is 1.71. The van der Waals surface area contributed by atoms with Crippen LogP contribution in [0.3, 0.4) is 0 Å². The van der Waals surface area contributed by atoms with E-state index >= 15 is 0 Å².